The molecule has 0 aromatic carbocycles. The van der Waals surface area contributed by atoms with E-state index in [-0.39, 0.29) is 6.10 Å². The molecular formula is C10H20N2O. The van der Waals surface area contributed by atoms with Crippen LogP contribution in [0, 0.1) is 11.8 Å². The van der Waals surface area contributed by atoms with Crippen molar-refractivity contribution in [3.63, 3.8) is 0 Å². The molecule has 0 radical (unpaired) electrons. The zero-order valence-electron chi connectivity index (χ0n) is 8.37. The smallest absolute Gasteiger partial charge is 0.0645 e. The van der Waals surface area contributed by atoms with Crippen LogP contribution in [-0.2, 0) is 0 Å². The molecule has 2 rings (SSSR count). The first-order chi connectivity index (χ1) is 6.31. The minimum Gasteiger partial charge on any atom is -0.392 e. The van der Waals surface area contributed by atoms with Crippen molar-refractivity contribution in [1.29, 1.82) is 0 Å². The first-order valence-electron chi connectivity index (χ1n) is 5.42. The van der Waals surface area contributed by atoms with E-state index in [0.717, 1.165) is 26.2 Å². The Morgan fingerprint density at radius 2 is 1.92 bits per heavy atom. The summed E-state index contributed by atoms with van der Waals surface area (Å²) in [6.07, 6.45) is 1.18. The van der Waals surface area contributed by atoms with Crippen molar-refractivity contribution in [2.45, 2.75) is 19.4 Å². The Morgan fingerprint density at radius 1 is 1.31 bits per heavy atom. The fraction of sp³-hybridized carbons (Fsp3) is 1.00. The van der Waals surface area contributed by atoms with Crippen LogP contribution in [0.4, 0.5) is 0 Å². The van der Waals surface area contributed by atoms with Crippen LogP contribution >= 0.6 is 0 Å². The highest BCUT2D eigenvalue weighted by molar-refractivity contribution is 4.92. The Bertz CT molecular complexity index is 160. The number of rotatable bonds is 2. The van der Waals surface area contributed by atoms with E-state index >= 15 is 0 Å². The molecule has 0 amide bonds. The molecule has 2 aliphatic heterocycles. The van der Waals surface area contributed by atoms with Gasteiger partial charge >= 0.3 is 0 Å². The maximum absolute atomic E-state index is 9.91. The lowest BCUT2D eigenvalue weighted by atomic mass is 9.82. The van der Waals surface area contributed by atoms with Gasteiger partial charge < -0.3 is 15.3 Å². The van der Waals surface area contributed by atoms with Crippen LogP contribution in [0.2, 0.25) is 0 Å². The molecule has 13 heavy (non-hydrogen) atoms. The predicted octanol–water partition coefficient (Wildman–Crippen LogP) is -0.0915. The van der Waals surface area contributed by atoms with E-state index in [1.165, 1.54) is 13.0 Å². The second-order valence-electron chi connectivity index (χ2n) is 4.43. The second kappa shape index (κ2) is 3.95. The fourth-order valence-corrected chi connectivity index (χ4v) is 2.66. The molecule has 2 bridgehead atoms. The van der Waals surface area contributed by atoms with Crippen molar-refractivity contribution < 1.29 is 5.11 Å². The van der Waals surface area contributed by atoms with E-state index in [1.807, 2.05) is 0 Å². The highest BCUT2D eigenvalue weighted by Crippen LogP contribution is 2.24. The summed E-state index contributed by atoms with van der Waals surface area (Å²) >= 11 is 0. The topological polar surface area (TPSA) is 35.5 Å². The number of nitrogens with one attached hydrogen (secondary N) is 1. The third-order valence-corrected chi connectivity index (χ3v) is 3.30. The summed E-state index contributed by atoms with van der Waals surface area (Å²) in [5, 5.41) is 13.3. The quantitative estimate of drug-likeness (QED) is 0.629. The minimum atomic E-state index is -0.0469. The Hall–Kier alpha value is -0.120. The van der Waals surface area contributed by atoms with Gasteiger partial charge in [-0.25, -0.2) is 0 Å². The predicted molar refractivity (Wildman–Crippen MR) is 52.6 cm³/mol. The molecule has 3 nitrogen and oxygen atoms in total. The molecule has 0 aromatic heterocycles. The molecular weight excluding hydrogens is 164 g/mol. The monoisotopic (exact) mass is 184 g/mol. The fourth-order valence-electron chi connectivity index (χ4n) is 2.66. The molecule has 2 unspecified atom stereocenters. The lowest BCUT2D eigenvalue weighted by molar-refractivity contribution is -0.0396. The van der Waals surface area contributed by atoms with Crippen LogP contribution in [-0.4, -0.2) is 48.8 Å². The van der Waals surface area contributed by atoms with Crippen LogP contribution in [0.5, 0.6) is 0 Å². The van der Waals surface area contributed by atoms with Gasteiger partial charge in [0.25, 0.3) is 0 Å². The average Bonchev–Trinajstić information content (AvgIpc) is 2.07. The van der Waals surface area contributed by atoms with Gasteiger partial charge in [0, 0.05) is 38.0 Å². The van der Waals surface area contributed by atoms with Crippen molar-refractivity contribution in [2.75, 3.05) is 32.7 Å². The summed E-state index contributed by atoms with van der Waals surface area (Å²) in [5.74, 6) is 0.943. The molecule has 0 saturated carbocycles. The van der Waals surface area contributed by atoms with Gasteiger partial charge in [-0.1, -0.05) is 6.92 Å². The van der Waals surface area contributed by atoms with Crippen LogP contribution < -0.4 is 5.32 Å². The Morgan fingerprint density at radius 3 is 2.46 bits per heavy atom. The second-order valence-corrected chi connectivity index (χ2v) is 4.43. The number of hydrogen-bond acceptors (Lipinski definition) is 3. The van der Waals surface area contributed by atoms with Gasteiger partial charge in [0.05, 0.1) is 6.10 Å². The maximum atomic E-state index is 9.91. The molecule has 2 fully saturated rings. The van der Waals surface area contributed by atoms with Crippen molar-refractivity contribution in [3.8, 4) is 0 Å². The normalized spacial score (nSPS) is 40.6. The number of nitrogens with zero attached hydrogens (tertiary/aromatic N) is 1. The SMILES string of the molecule is CCCN1CC2CNCC(C1)C2O. The summed E-state index contributed by atoms with van der Waals surface area (Å²) in [4.78, 5) is 2.50. The van der Waals surface area contributed by atoms with Crippen molar-refractivity contribution in [1.82, 2.24) is 10.2 Å². The van der Waals surface area contributed by atoms with E-state index in [9.17, 15) is 5.11 Å². The lowest BCUT2D eigenvalue weighted by Crippen LogP contribution is -2.59. The van der Waals surface area contributed by atoms with Crippen molar-refractivity contribution >= 4 is 0 Å². The van der Waals surface area contributed by atoms with Crippen molar-refractivity contribution in [3.05, 3.63) is 0 Å². The van der Waals surface area contributed by atoms with Crippen LogP contribution in [0.15, 0.2) is 0 Å². The zero-order valence-corrected chi connectivity index (χ0v) is 8.37. The highest BCUT2D eigenvalue weighted by atomic mass is 16.3. The van der Waals surface area contributed by atoms with E-state index in [1.54, 1.807) is 0 Å². The van der Waals surface area contributed by atoms with Gasteiger partial charge in [0.15, 0.2) is 0 Å². The van der Waals surface area contributed by atoms with Gasteiger partial charge in [0.1, 0.15) is 0 Å². The Kier molecular flexibility index (Phi) is 2.86. The molecule has 2 saturated heterocycles. The zero-order chi connectivity index (χ0) is 9.26. The number of fused-ring (bicyclic) bond motifs is 2. The molecule has 3 heteroatoms. The van der Waals surface area contributed by atoms with Crippen LogP contribution in [0.25, 0.3) is 0 Å². The minimum absolute atomic E-state index is 0.0469. The molecule has 0 aliphatic carbocycles. The summed E-state index contributed by atoms with van der Waals surface area (Å²) in [7, 11) is 0. The third kappa shape index (κ3) is 1.87. The third-order valence-electron chi connectivity index (χ3n) is 3.30. The van der Waals surface area contributed by atoms with Gasteiger partial charge in [-0.2, -0.15) is 0 Å². The standard InChI is InChI=1S/C10H20N2O/c1-2-3-12-6-8-4-11-5-9(7-12)10(8)13/h8-11,13H,2-7H2,1H3. The Balaban J connectivity index is 1.95. The Labute approximate surface area is 80.1 Å². The summed E-state index contributed by atoms with van der Waals surface area (Å²) in [6, 6.07) is 0. The van der Waals surface area contributed by atoms with Crippen molar-refractivity contribution in [2.24, 2.45) is 11.8 Å². The summed E-state index contributed by atoms with van der Waals surface area (Å²) < 4.78 is 0. The molecule has 2 heterocycles. The number of aliphatic hydroxyl groups is 1. The molecule has 76 valence electrons. The first kappa shape index (κ1) is 9.44. The molecule has 2 N–H and O–H groups in total. The number of piperidine rings is 2. The number of likely N-dealkylation sites (tertiary alicyclic amines) is 1. The van der Waals surface area contributed by atoms with E-state index < -0.39 is 0 Å². The first-order valence-corrected chi connectivity index (χ1v) is 5.42. The van der Waals surface area contributed by atoms with E-state index in [2.05, 4.69) is 17.1 Å². The molecule has 0 aromatic rings. The average molecular weight is 184 g/mol. The molecule has 0 spiro atoms. The number of aliphatic hydroxyl groups excluding tert-OH is 1. The largest absolute Gasteiger partial charge is 0.392 e. The van der Waals surface area contributed by atoms with Crippen LogP contribution in [0.3, 0.4) is 0 Å². The van der Waals surface area contributed by atoms with Gasteiger partial charge in [0.2, 0.25) is 0 Å². The molecule has 2 atom stereocenters. The maximum Gasteiger partial charge on any atom is 0.0645 e. The highest BCUT2D eigenvalue weighted by Gasteiger charge is 2.37. The van der Waals surface area contributed by atoms with E-state index in [0.29, 0.717) is 11.8 Å². The van der Waals surface area contributed by atoms with Crippen LogP contribution in [0.1, 0.15) is 13.3 Å². The summed E-state index contributed by atoms with van der Waals surface area (Å²) in [6.45, 7) is 7.57. The molecule has 2 aliphatic rings. The lowest BCUT2D eigenvalue weighted by Gasteiger charge is -2.45. The summed E-state index contributed by atoms with van der Waals surface area (Å²) in [5.41, 5.74) is 0. The van der Waals surface area contributed by atoms with Gasteiger partial charge in [-0.05, 0) is 13.0 Å². The number of hydrogen-bond donors (Lipinski definition) is 2. The van der Waals surface area contributed by atoms with E-state index in [4.69, 9.17) is 0 Å². The van der Waals surface area contributed by atoms with Gasteiger partial charge in [-0.15, -0.1) is 0 Å². The van der Waals surface area contributed by atoms with Gasteiger partial charge in [-0.3, -0.25) is 0 Å².